The number of esters is 1. The number of anilines is 1. The van der Waals surface area contributed by atoms with Crippen LogP contribution in [0.2, 0.25) is 0 Å². The Morgan fingerprint density at radius 1 is 0.676 bits per heavy atom. The summed E-state index contributed by atoms with van der Waals surface area (Å²) in [6, 6.07) is 20.9. The van der Waals surface area contributed by atoms with E-state index in [2.05, 4.69) is 26.2 Å². The largest absolute Gasteiger partial charge is 0.465 e. The molecule has 3 aromatic carbocycles. The average Bonchev–Trinajstić information content (AvgIpc) is 2.87. The summed E-state index contributed by atoms with van der Waals surface area (Å²) in [5.41, 5.74) is 6.55. The number of thiocarbonyl (C=S) groups is 1. The van der Waals surface area contributed by atoms with E-state index in [9.17, 15) is 19.2 Å². The van der Waals surface area contributed by atoms with Crippen LogP contribution >= 0.6 is 12.2 Å². The first-order valence-electron chi connectivity index (χ1n) is 9.94. The van der Waals surface area contributed by atoms with Gasteiger partial charge in [-0.2, -0.15) is 0 Å². The molecule has 0 aliphatic rings. The Bertz CT molecular complexity index is 1230. The molecule has 172 valence electrons. The van der Waals surface area contributed by atoms with E-state index in [4.69, 9.17) is 12.2 Å². The monoisotopic (exact) mass is 476 g/mol. The maximum Gasteiger partial charge on any atom is 0.337 e. The molecule has 0 radical (unpaired) electrons. The number of hydrazine groups is 1. The van der Waals surface area contributed by atoms with Gasteiger partial charge in [0.2, 0.25) is 0 Å². The van der Waals surface area contributed by atoms with Crippen molar-refractivity contribution in [1.82, 2.24) is 16.2 Å². The van der Waals surface area contributed by atoms with Gasteiger partial charge in [0.25, 0.3) is 17.7 Å². The zero-order valence-electron chi connectivity index (χ0n) is 18.0. The SMILES string of the molecule is COC(=O)c1cccc(C(=O)NC(=S)NNC(=O)c2ccc(NC(=O)c3ccccc3)cc2)c1. The third kappa shape index (κ3) is 6.47. The standard InChI is InChI=1S/C24H20N4O5S/c1-33-23(32)18-9-5-8-17(14-18)21(30)26-24(34)28-27-22(31)16-10-12-19(13-11-16)25-20(29)15-6-3-2-4-7-15/h2-14H,1H3,(H,25,29)(H,27,31)(H2,26,28,30,34). The third-order valence-corrected chi connectivity index (χ3v) is 4.71. The molecule has 3 amide bonds. The van der Waals surface area contributed by atoms with Crippen LogP contribution in [0, 0.1) is 0 Å². The van der Waals surface area contributed by atoms with Crippen molar-refractivity contribution in [2.24, 2.45) is 0 Å². The van der Waals surface area contributed by atoms with E-state index in [0.717, 1.165) is 0 Å². The van der Waals surface area contributed by atoms with E-state index in [1.165, 1.54) is 43.5 Å². The van der Waals surface area contributed by atoms with Gasteiger partial charge >= 0.3 is 5.97 Å². The van der Waals surface area contributed by atoms with Crippen LogP contribution in [-0.2, 0) is 4.74 Å². The molecule has 0 aromatic heterocycles. The van der Waals surface area contributed by atoms with E-state index in [1.54, 1.807) is 36.4 Å². The van der Waals surface area contributed by atoms with Crippen LogP contribution < -0.4 is 21.5 Å². The van der Waals surface area contributed by atoms with Crippen molar-refractivity contribution in [1.29, 1.82) is 0 Å². The molecule has 34 heavy (non-hydrogen) atoms. The molecule has 0 bridgehead atoms. The molecule has 0 aliphatic carbocycles. The molecule has 9 nitrogen and oxygen atoms in total. The molecule has 0 aliphatic heterocycles. The fourth-order valence-electron chi connectivity index (χ4n) is 2.80. The van der Waals surface area contributed by atoms with Crippen molar-refractivity contribution in [3.8, 4) is 0 Å². The number of methoxy groups -OCH3 is 1. The van der Waals surface area contributed by atoms with E-state index in [-0.39, 0.29) is 22.1 Å². The molecule has 0 saturated heterocycles. The first kappa shape index (κ1) is 24.1. The molecule has 0 spiro atoms. The van der Waals surface area contributed by atoms with Gasteiger partial charge in [-0.15, -0.1) is 0 Å². The summed E-state index contributed by atoms with van der Waals surface area (Å²) in [6.07, 6.45) is 0. The summed E-state index contributed by atoms with van der Waals surface area (Å²) in [6.45, 7) is 0. The van der Waals surface area contributed by atoms with Crippen LogP contribution in [0.5, 0.6) is 0 Å². The maximum atomic E-state index is 12.3. The number of carbonyl (C=O) groups excluding carboxylic acids is 4. The number of hydrogen-bond acceptors (Lipinski definition) is 6. The van der Waals surface area contributed by atoms with Crippen molar-refractivity contribution >= 4 is 46.7 Å². The predicted molar refractivity (Wildman–Crippen MR) is 129 cm³/mol. The Morgan fingerprint density at radius 3 is 1.97 bits per heavy atom. The van der Waals surface area contributed by atoms with Gasteiger partial charge < -0.3 is 10.1 Å². The van der Waals surface area contributed by atoms with Gasteiger partial charge in [-0.3, -0.25) is 30.6 Å². The van der Waals surface area contributed by atoms with E-state index in [0.29, 0.717) is 16.8 Å². The molecule has 0 saturated carbocycles. The van der Waals surface area contributed by atoms with Crippen molar-refractivity contribution in [2.45, 2.75) is 0 Å². The fraction of sp³-hybridized carbons (Fsp3) is 0.0417. The van der Waals surface area contributed by atoms with Gasteiger partial charge in [0, 0.05) is 22.4 Å². The molecule has 10 heteroatoms. The lowest BCUT2D eigenvalue weighted by molar-refractivity contribution is 0.0600. The van der Waals surface area contributed by atoms with E-state index < -0.39 is 17.8 Å². The Kier molecular flexibility index (Phi) is 8.03. The maximum absolute atomic E-state index is 12.3. The molecular weight excluding hydrogens is 456 g/mol. The van der Waals surface area contributed by atoms with Crippen molar-refractivity contribution in [2.75, 3.05) is 12.4 Å². The zero-order chi connectivity index (χ0) is 24.5. The fourth-order valence-corrected chi connectivity index (χ4v) is 2.94. The number of benzene rings is 3. The number of hydrogen-bond donors (Lipinski definition) is 4. The highest BCUT2D eigenvalue weighted by Crippen LogP contribution is 2.11. The number of ether oxygens (including phenoxy) is 1. The van der Waals surface area contributed by atoms with Crippen molar-refractivity contribution in [3.05, 3.63) is 101 Å². The zero-order valence-corrected chi connectivity index (χ0v) is 18.8. The Balaban J connectivity index is 1.50. The first-order chi connectivity index (χ1) is 16.4. The van der Waals surface area contributed by atoms with Gasteiger partial charge in [0.15, 0.2) is 5.11 Å². The minimum Gasteiger partial charge on any atom is -0.465 e. The average molecular weight is 477 g/mol. The third-order valence-electron chi connectivity index (χ3n) is 4.50. The highest BCUT2D eigenvalue weighted by Gasteiger charge is 2.13. The molecule has 0 atom stereocenters. The molecule has 0 heterocycles. The number of nitrogens with one attached hydrogen (secondary N) is 4. The van der Waals surface area contributed by atoms with Crippen LogP contribution in [0.3, 0.4) is 0 Å². The quantitative estimate of drug-likeness (QED) is 0.253. The topological polar surface area (TPSA) is 126 Å². The molecule has 3 rings (SSSR count). The smallest absolute Gasteiger partial charge is 0.337 e. The van der Waals surface area contributed by atoms with Crippen LogP contribution in [0.25, 0.3) is 0 Å². The van der Waals surface area contributed by atoms with Gasteiger partial charge in [0.05, 0.1) is 12.7 Å². The minimum absolute atomic E-state index is 0.145. The minimum atomic E-state index is -0.576. The molecule has 0 fully saturated rings. The summed E-state index contributed by atoms with van der Waals surface area (Å²) in [5, 5.41) is 5.00. The second-order valence-corrected chi connectivity index (χ2v) is 7.24. The second-order valence-electron chi connectivity index (χ2n) is 6.83. The van der Waals surface area contributed by atoms with Gasteiger partial charge in [0.1, 0.15) is 0 Å². The number of amides is 3. The lowest BCUT2D eigenvalue weighted by Crippen LogP contribution is -2.48. The van der Waals surface area contributed by atoms with E-state index >= 15 is 0 Å². The predicted octanol–water partition coefficient (Wildman–Crippen LogP) is 2.67. The lowest BCUT2D eigenvalue weighted by Gasteiger charge is -2.11. The van der Waals surface area contributed by atoms with Gasteiger partial charge in [-0.1, -0.05) is 24.3 Å². The molecule has 4 N–H and O–H groups in total. The Morgan fingerprint density at radius 2 is 1.29 bits per heavy atom. The molecule has 0 unspecified atom stereocenters. The number of rotatable bonds is 5. The highest BCUT2D eigenvalue weighted by atomic mass is 32.1. The summed E-state index contributed by atoms with van der Waals surface area (Å²) in [4.78, 5) is 48.4. The highest BCUT2D eigenvalue weighted by molar-refractivity contribution is 7.80. The normalized spacial score (nSPS) is 9.91. The van der Waals surface area contributed by atoms with Gasteiger partial charge in [-0.05, 0) is 66.8 Å². The van der Waals surface area contributed by atoms with Crippen molar-refractivity contribution in [3.63, 3.8) is 0 Å². The summed E-state index contributed by atoms with van der Waals surface area (Å²) in [5.74, 6) is -1.92. The second kappa shape index (κ2) is 11.3. The van der Waals surface area contributed by atoms with Crippen LogP contribution in [0.1, 0.15) is 41.4 Å². The van der Waals surface area contributed by atoms with Crippen molar-refractivity contribution < 1.29 is 23.9 Å². The number of carbonyl (C=O) groups is 4. The molecule has 3 aromatic rings. The Hall–Kier alpha value is -4.57. The van der Waals surface area contributed by atoms with E-state index in [1.807, 2.05) is 6.07 Å². The summed E-state index contributed by atoms with van der Waals surface area (Å²) >= 11 is 5.02. The molecular formula is C24H20N4O5S. The summed E-state index contributed by atoms with van der Waals surface area (Å²) < 4.78 is 4.63. The van der Waals surface area contributed by atoms with Gasteiger partial charge in [-0.25, -0.2) is 4.79 Å². The summed E-state index contributed by atoms with van der Waals surface area (Å²) in [7, 11) is 1.24. The first-order valence-corrected chi connectivity index (χ1v) is 10.3. The lowest BCUT2D eigenvalue weighted by atomic mass is 10.1. The Labute approximate surface area is 200 Å². The van der Waals surface area contributed by atoms with Crippen LogP contribution in [-0.4, -0.2) is 35.9 Å². The van der Waals surface area contributed by atoms with Crippen LogP contribution in [0.4, 0.5) is 5.69 Å². The van der Waals surface area contributed by atoms with Crippen LogP contribution in [0.15, 0.2) is 78.9 Å².